The van der Waals surface area contributed by atoms with E-state index in [2.05, 4.69) is 35.3 Å². The highest BCUT2D eigenvalue weighted by Gasteiger charge is 2.16. The van der Waals surface area contributed by atoms with Crippen molar-refractivity contribution in [1.82, 2.24) is 4.98 Å². The molecular weight excluding hydrogens is 318 g/mol. The van der Waals surface area contributed by atoms with E-state index in [1.165, 1.54) is 0 Å². The Morgan fingerprint density at radius 1 is 0.577 bits per heavy atom. The van der Waals surface area contributed by atoms with Gasteiger partial charge in [-0.05, 0) is 29.3 Å². The van der Waals surface area contributed by atoms with Crippen LogP contribution in [-0.2, 0) is 0 Å². The second-order valence-corrected chi connectivity index (χ2v) is 5.99. The fourth-order valence-corrected chi connectivity index (χ4v) is 3.09. The van der Waals surface area contributed by atoms with Gasteiger partial charge in [0.15, 0.2) is 5.82 Å². The van der Waals surface area contributed by atoms with E-state index in [4.69, 9.17) is 5.84 Å². The van der Waals surface area contributed by atoms with Crippen LogP contribution in [0.1, 0.15) is 0 Å². The maximum Gasteiger partial charge on any atom is 0.155 e. The fraction of sp³-hybridized carbons (Fsp3) is 0. The molecule has 0 saturated carbocycles. The van der Waals surface area contributed by atoms with Gasteiger partial charge in [0.1, 0.15) is 0 Å². The number of benzene rings is 3. The predicted molar refractivity (Wildman–Crippen MR) is 108 cm³/mol. The molecule has 3 heteroatoms. The largest absolute Gasteiger partial charge is 0.261 e. The second kappa shape index (κ2) is 7.21. The Labute approximate surface area is 153 Å². The van der Waals surface area contributed by atoms with Gasteiger partial charge in [-0.1, -0.05) is 78.9 Å². The first kappa shape index (κ1) is 16.1. The lowest BCUT2D eigenvalue weighted by atomic mass is 10.0. The van der Waals surface area contributed by atoms with Gasteiger partial charge in [0, 0.05) is 17.3 Å². The number of hydrazine groups is 1. The zero-order chi connectivity index (χ0) is 17.8. The van der Waals surface area contributed by atoms with Gasteiger partial charge in [-0.2, -0.15) is 0 Å². The minimum Gasteiger partial charge on any atom is -0.261 e. The molecule has 1 aromatic heterocycles. The molecule has 0 amide bonds. The minimum atomic E-state index is 0.724. The van der Waals surface area contributed by atoms with Crippen LogP contribution < -0.4 is 10.9 Å². The summed E-state index contributed by atoms with van der Waals surface area (Å²) in [7, 11) is 0. The number of pyridine rings is 1. The van der Waals surface area contributed by atoms with Crippen LogP contribution in [0.3, 0.4) is 0 Å². The first-order valence-corrected chi connectivity index (χ1v) is 8.54. The Morgan fingerprint density at radius 3 is 1.81 bits per heavy atom. The zero-order valence-electron chi connectivity index (χ0n) is 14.3. The third-order valence-corrected chi connectivity index (χ3v) is 4.35. The van der Waals surface area contributed by atoms with E-state index < -0.39 is 0 Å². The van der Waals surface area contributed by atoms with Crippen molar-refractivity contribution in [3.8, 4) is 22.3 Å². The molecule has 0 radical (unpaired) electrons. The summed E-state index contributed by atoms with van der Waals surface area (Å²) in [6.45, 7) is 0. The summed E-state index contributed by atoms with van der Waals surface area (Å²) < 4.78 is 0. The molecule has 0 bridgehead atoms. The van der Waals surface area contributed by atoms with E-state index in [1.54, 1.807) is 11.2 Å². The van der Waals surface area contributed by atoms with Gasteiger partial charge in [-0.25, -0.2) is 10.8 Å². The molecule has 0 aliphatic carbocycles. The lowest BCUT2D eigenvalue weighted by Crippen LogP contribution is -2.27. The van der Waals surface area contributed by atoms with Crippen molar-refractivity contribution in [3.05, 3.63) is 103 Å². The van der Waals surface area contributed by atoms with Crippen molar-refractivity contribution in [2.75, 3.05) is 5.01 Å². The number of hydrogen-bond acceptors (Lipinski definition) is 3. The summed E-state index contributed by atoms with van der Waals surface area (Å²) in [6, 6.07) is 32.5. The molecule has 0 aliphatic heterocycles. The summed E-state index contributed by atoms with van der Waals surface area (Å²) in [5, 5.41) is 1.67. The maximum absolute atomic E-state index is 6.56. The SMILES string of the molecule is NN(c1ccccc1-c1ccccc1)c1ncccc1-c1ccccc1. The molecule has 3 aromatic carbocycles. The minimum absolute atomic E-state index is 0.724. The Kier molecular flexibility index (Phi) is 4.46. The number of nitrogens with two attached hydrogens (primary N) is 1. The van der Waals surface area contributed by atoms with E-state index in [9.17, 15) is 0 Å². The van der Waals surface area contributed by atoms with Crippen molar-refractivity contribution in [3.63, 3.8) is 0 Å². The van der Waals surface area contributed by atoms with Crippen LogP contribution in [-0.4, -0.2) is 4.98 Å². The summed E-state index contributed by atoms with van der Waals surface area (Å²) in [4.78, 5) is 4.57. The molecule has 0 fully saturated rings. The van der Waals surface area contributed by atoms with Crippen LogP contribution in [0.4, 0.5) is 11.5 Å². The first-order valence-electron chi connectivity index (χ1n) is 8.54. The normalized spacial score (nSPS) is 10.5. The number of anilines is 2. The van der Waals surface area contributed by atoms with Crippen molar-refractivity contribution in [2.24, 2.45) is 5.84 Å². The topological polar surface area (TPSA) is 42.1 Å². The third-order valence-electron chi connectivity index (χ3n) is 4.35. The van der Waals surface area contributed by atoms with E-state index in [1.807, 2.05) is 66.7 Å². The summed E-state index contributed by atoms with van der Waals surface area (Å²) in [5.41, 5.74) is 5.19. The molecule has 126 valence electrons. The Bertz CT molecular complexity index is 915. The molecule has 4 rings (SSSR count). The van der Waals surface area contributed by atoms with E-state index in [-0.39, 0.29) is 0 Å². The average molecular weight is 337 g/mol. The fourth-order valence-electron chi connectivity index (χ4n) is 3.09. The van der Waals surface area contributed by atoms with Crippen LogP contribution in [0.5, 0.6) is 0 Å². The number of para-hydroxylation sites is 1. The van der Waals surface area contributed by atoms with Gasteiger partial charge >= 0.3 is 0 Å². The highest BCUT2D eigenvalue weighted by Crippen LogP contribution is 2.36. The van der Waals surface area contributed by atoms with E-state index >= 15 is 0 Å². The van der Waals surface area contributed by atoms with Crippen LogP contribution >= 0.6 is 0 Å². The van der Waals surface area contributed by atoms with E-state index in [0.717, 1.165) is 33.8 Å². The van der Waals surface area contributed by atoms with Crippen LogP contribution in [0, 0.1) is 0 Å². The van der Waals surface area contributed by atoms with Gasteiger partial charge < -0.3 is 0 Å². The van der Waals surface area contributed by atoms with Gasteiger partial charge in [0.25, 0.3) is 0 Å². The van der Waals surface area contributed by atoms with Crippen LogP contribution in [0.2, 0.25) is 0 Å². The molecule has 0 atom stereocenters. The molecule has 0 unspecified atom stereocenters. The molecule has 26 heavy (non-hydrogen) atoms. The van der Waals surface area contributed by atoms with Crippen molar-refractivity contribution < 1.29 is 0 Å². The quantitative estimate of drug-likeness (QED) is 0.399. The number of hydrogen-bond donors (Lipinski definition) is 1. The molecule has 0 spiro atoms. The molecule has 3 nitrogen and oxygen atoms in total. The third kappa shape index (κ3) is 3.08. The van der Waals surface area contributed by atoms with E-state index in [0.29, 0.717) is 0 Å². The smallest absolute Gasteiger partial charge is 0.155 e. The Hall–Kier alpha value is -3.43. The highest BCUT2D eigenvalue weighted by molar-refractivity contribution is 5.85. The van der Waals surface area contributed by atoms with Crippen LogP contribution in [0.15, 0.2) is 103 Å². The van der Waals surface area contributed by atoms with Crippen molar-refractivity contribution >= 4 is 11.5 Å². The maximum atomic E-state index is 6.56. The Morgan fingerprint density at radius 2 is 1.12 bits per heavy atom. The number of rotatable bonds is 4. The number of nitrogens with zero attached hydrogens (tertiary/aromatic N) is 2. The monoisotopic (exact) mass is 337 g/mol. The molecule has 0 saturated heterocycles. The standard InChI is InChI=1S/C23H19N3/c24-26(22-16-8-7-14-20(22)18-10-3-1-4-11-18)23-21(15-9-17-25-23)19-12-5-2-6-13-19/h1-17H,24H2. The molecule has 2 N–H and O–H groups in total. The molecule has 4 aromatic rings. The Balaban J connectivity index is 1.83. The van der Waals surface area contributed by atoms with Gasteiger partial charge in [0.2, 0.25) is 0 Å². The van der Waals surface area contributed by atoms with Crippen molar-refractivity contribution in [2.45, 2.75) is 0 Å². The van der Waals surface area contributed by atoms with Crippen LogP contribution in [0.25, 0.3) is 22.3 Å². The van der Waals surface area contributed by atoms with Gasteiger partial charge in [0.05, 0.1) is 5.69 Å². The molecule has 1 heterocycles. The highest BCUT2D eigenvalue weighted by atomic mass is 15.4. The van der Waals surface area contributed by atoms with Crippen molar-refractivity contribution in [1.29, 1.82) is 0 Å². The lowest BCUT2D eigenvalue weighted by Gasteiger charge is -2.23. The predicted octanol–water partition coefficient (Wildman–Crippen LogP) is 5.43. The summed E-state index contributed by atoms with van der Waals surface area (Å²) in [6.07, 6.45) is 1.77. The summed E-state index contributed by atoms with van der Waals surface area (Å²) in [5.74, 6) is 7.29. The lowest BCUT2D eigenvalue weighted by molar-refractivity contribution is 1.04. The average Bonchev–Trinajstić information content (AvgIpc) is 2.74. The van der Waals surface area contributed by atoms with Gasteiger partial charge in [-0.3, -0.25) is 5.01 Å². The summed E-state index contributed by atoms with van der Waals surface area (Å²) >= 11 is 0. The molecule has 0 aliphatic rings. The first-order chi connectivity index (χ1) is 12.8. The number of aromatic nitrogens is 1. The zero-order valence-corrected chi connectivity index (χ0v) is 14.3. The second-order valence-electron chi connectivity index (χ2n) is 5.99. The molecular formula is C23H19N3. The van der Waals surface area contributed by atoms with Gasteiger partial charge in [-0.15, -0.1) is 0 Å².